The Balaban J connectivity index is 1.44. The van der Waals surface area contributed by atoms with Crippen molar-refractivity contribution in [1.82, 2.24) is 20.7 Å². The summed E-state index contributed by atoms with van der Waals surface area (Å²) in [5.74, 6) is -0.430. The molecule has 1 aromatic heterocycles. The molecule has 0 unspecified atom stereocenters. The number of nitrogens with one attached hydrogen (secondary N) is 3. The molecule has 0 atom stereocenters. The van der Waals surface area contributed by atoms with E-state index in [0.717, 1.165) is 22.2 Å². The zero-order valence-electron chi connectivity index (χ0n) is 23.2. The number of rotatable bonds is 12. The fourth-order valence-electron chi connectivity index (χ4n) is 4.39. The van der Waals surface area contributed by atoms with Gasteiger partial charge in [0, 0.05) is 41.8 Å². The van der Waals surface area contributed by atoms with Gasteiger partial charge in [-0.2, -0.15) is 0 Å². The lowest BCUT2D eigenvalue weighted by Gasteiger charge is -2.21. The summed E-state index contributed by atoms with van der Waals surface area (Å²) >= 11 is 0. The second-order valence-corrected chi connectivity index (χ2v) is 9.42. The number of aromatic amines is 1. The number of aromatic nitrogens is 1. The number of carbonyl (C=O) groups excluding carboxylic acids is 3. The molecule has 11 nitrogen and oxygen atoms in total. The fraction of sp³-hybridized carbons (Fsp3) is 0.194. The minimum atomic E-state index is -0.658. The summed E-state index contributed by atoms with van der Waals surface area (Å²) in [5.41, 5.74) is 5.11. The first-order chi connectivity index (χ1) is 20.3. The minimum absolute atomic E-state index is 0.0237. The van der Waals surface area contributed by atoms with Gasteiger partial charge in [-0.3, -0.25) is 19.6 Å². The van der Waals surface area contributed by atoms with Crippen LogP contribution in [-0.4, -0.2) is 65.2 Å². The Kier molecular flexibility index (Phi) is 9.80. The number of amides is 3. The first-order valence-electron chi connectivity index (χ1n) is 13.1. The molecule has 0 spiro atoms. The Hall–Kier alpha value is -5.29. The highest BCUT2D eigenvalue weighted by Gasteiger charge is 2.17. The van der Waals surface area contributed by atoms with Gasteiger partial charge in [-0.1, -0.05) is 18.2 Å². The maximum absolute atomic E-state index is 13.2. The lowest BCUT2D eigenvalue weighted by Crippen LogP contribution is -2.40. The van der Waals surface area contributed by atoms with Crippen LogP contribution in [0.25, 0.3) is 17.0 Å². The average Bonchev–Trinajstić information content (AvgIpc) is 3.42. The average molecular weight is 573 g/mol. The van der Waals surface area contributed by atoms with Crippen LogP contribution in [0.5, 0.6) is 17.2 Å². The summed E-state index contributed by atoms with van der Waals surface area (Å²) in [6, 6.07) is 16.7. The maximum atomic E-state index is 13.2. The highest BCUT2D eigenvalue weighted by Crippen LogP contribution is 2.27. The molecular weight excluding hydrogens is 540 g/mol. The van der Waals surface area contributed by atoms with Crippen molar-refractivity contribution < 1.29 is 34.2 Å². The number of H-pyrrole nitrogens is 1. The van der Waals surface area contributed by atoms with Crippen LogP contribution >= 0.6 is 0 Å². The molecule has 0 fully saturated rings. The van der Waals surface area contributed by atoms with Crippen molar-refractivity contribution in [2.75, 3.05) is 27.3 Å². The van der Waals surface area contributed by atoms with Gasteiger partial charge >= 0.3 is 0 Å². The fourth-order valence-corrected chi connectivity index (χ4v) is 4.39. The van der Waals surface area contributed by atoms with Crippen molar-refractivity contribution in [2.24, 2.45) is 0 Å². The molecule has 0 aliphatic heterocycles. The first-order valence-corrected chi connectivity index (χ1v) is 13.1. The molecule has 0 aliphatic rings. The number of hydrogen-bond acceptors (Lipinski definition) is 7. The number of ether oxygens (including phenoxy) is 2. The minimum Gasteiger partial charge on any atom is -0.504 e. The number of carbonyl (C=O) groups is 3. The molecule has 218 valence electrons. The van der Waals surface area contributed by atoms with Crippen molar-refractivity contribution in [1.29, 1.82) is 0 Å². The Bertz CT molecular complexity index is 1590. The first kappa shape index (κ1) is 29.7. The number of phenolic OH excluding ortho intramolecular Hbond substituents is 1. The molecule has 3 aromatic carbocycles. The Morgan fingerprint density at radius 2 is 1.79 bits per heavy atom. The van der Waals surface area contributed by atoms with E-state index in [1.165, 1.54) is 36.3 Å². The van der Waals surface area contributed by atoms with Crippen molar-refractivity contribution in [3.8, 4) is 17.2 Å². The number of aromatic hydroxyl groups is 1. The normalized spacial score (nSPS) is 10.9. The van der Waals surface area contributed by atoms with Crippen molar-refractivity contribution >= 4 is 34.7 Å². The number of benzene rings is 3. The van der Waals surface area contributed by atoms with Gasteiger partial charge in [0.2, 0.25) is 11.8 Å². The number of fused-ring (bicyclic) bond motifs is 1. The van der Waals surface area contributed by atoms with Crippen LogP contribution in [0.1, 0.15) is 27.0 Å². The summed E-state index contributed by atoms with van der Waals surface area (Å²) in [7, 11) is 3.04. The van der Waals surface area contributed by atoms with Gasteiger partial charge in [0.15, 0.2) is 11.5 Å². The van der Waals surface area contributed by atoms with E-state index in [4.69, 9.17) is 14.7 Å². The van der Waals surface area contributed by atoms with Gasteiger partial charge in [-0.15, -0.1) is 0 Å². The van der Waals surface area contributed by atoms with Crippen molar-refractivity contribution in [3.05, 3.63) is 95.2 Å². The molecule has 5 N–H and O–H groups in total. The van der Waals surface area contributed by atoms with Gasteiger partial charge in [-0.05, 0) is 71.7 Å². The SMILES string of the molecule is COc1ccc2[nH]cc(CCNC(=O)CN(Cc3ccc(C(=O)NO)cc3)C(=O)/C=C/c3ccc(O)c(OC)c3)c2c1. The third-order valence-electron chi connectivity index (χ3n) is 6.65. The second kappa shape index (κ2) is 13.9. The van der Waals surface area contributed by atoms with E-state index in [1.54, 1.807) is 42.9 Å². The zero-order chi connectivity index (χ0) is 30.1. The van der Waals surface area contributed by atoms with E-state index < -0.39 is 11.8 Å². The van der Waals surface area contributed by atoms with Crippen LogP contribution in [0.15, 0.2) is 72.9 Å². The van der Waals surface area contributed by atoms with Crippen LogP contribution in [0, 0.1) is 0 Å². The number of hydrogen-bond donors (Lipinski definition) is 5. The van der Waals surface area contributed by atoms with E-state index in [9.17, 15) is 19.5 Å². The van der Waals surface area contributed by atoms with Crippen LogP contribution in [0.4, 0.5) is 0 Å². The van der Waals surface area contributed by atoms with Gasteiger partial charge in [0.05, 0.1) is 14.2 Å². The Morgan fingerprint density at radius 3 is 2.50 bits per heavy atom. The number of methoxy groups -OCH3 is 2. The monoisotopic (exact) mass is 572 g/mol. The van der Waals surface area contributed by atoms with Gasteiger partial charge in [-0.25, -0.2) is 5.48 Å². The number of nitrogens with zero attached hydrogens (tertiary/aromatic N) is 1. The topological polar surface area (TPSA) is 153 Å². The molecule has 4 rings (SSSR count). The van der Waals surface area contributed by atoms with Crippen LogP contribution in [-0.2, 0) is 22.6 Å². The van der Waals surface area contributed by atoms with E-state index in [0.29, 0.717) is 24.1 Å². The van der Waals surface area contributed by atoms with Gasteiger partial charge in [0.25, 0.3) is 5.91 Å². The summed E-state index contributed by atoms with van der Waals surface area (Å²) in [6.45, 7) is 0.251. The smallest absolute Gasteiger partial charge is 0.274 e. The predicted molar refractivity (Wildman–Crippen MR) is 156 cm³/mol. The third kappa shape index (κ3) is 7.46. The Morgan fingerprint density at radius 1 is 1.00 bits per heavy atom. The molecule has 0 saturated carbocycles. The highest BCUT2D eigenvalue weighted by atomic mass is 16.5. The van der Waals surface area contributed by atoms with Gasteiger partial charge in [0.1, 0.15) is 12.3 Å². The quantitative estimate of drug-likeness (QED) is 0.0991. The largest absolute Gasteiger partial charge is 0.504 e. The molecule has 1 heterocycles. The Labute approximate surface area is 242 Å². The van der Waals surface area contributed by atoms with Crippen LogP contribution < -0.4 is 20.3 Å². The van der Waals surface area contributed by atoms with Crippen molar-refractivity contribution in [2.45, 2.75) is 13.0 Å². The zero-order valence-corrected chi connectivity index (χ0v) is 23.2. The highest BCUT2D eigenvalue weighted by molar-refractivity contribution is 5.95. The molecule has 0 bridgehead atoms. The second-order valence-electron chi connectivity index (χ2n) is 9.42. The maximum Gasteiger partial charge on any atom is 0.274 e. The predicted octanol–water partition coefficient (Wildman–Crippen LogP) is 3.41. The molecular formula is C31H32N4O7. The molecule has 3 amide bonds. The summed E-state index contributed by atoms with van der Waals surface area (Å²) in [6.07, 6.45) is 5.38. The summed E-state index contributed by atoms with van der Waals surface area (Å²) in [4.78, 5) is 42.4. The molecule has 42 heavy (non-hydrogen) atoms. The molecule has 0 radical (unpaired) electrons. The standard InChI is InChI=1S/C31H32N4O7/c1-41-24-9-10-26-25(16-24)23(17-33-26)13-14-32-29(37)19-35(18-21-3-7-22(8-4-21)31(39)34-40)30(38)12-6-20-5-11-27(36)28(15-20)42-2/h3-12,15-17,33,36,40H,13-14,18-19H2,1-2H3,(H,32,37)(H,34,39)/b12-6+. The number of phenols is 1. The van der Waals surface area contributed by atoms with Crippen LogP contribution in [0.3, 0.4) is 0 Å². The van der Waals surface area contributed by atoms with E-state index >= 15 is 0 Å². The summed E-state index contributed by atoms with van der Waals surface area (Å²) < 4.78 is 10.4. The lowest BCUT2D eigenvalue weighted by molar-refractivity contribution is -0.132. The van der Waals surface area contributed by atoms with Crippen LogP contribution in [0.2, 0.25) is 0 Å². The molecule has 11 heteroatoms. The van der Waals surface area contributed by atoms with Gasteiger partial charge < -0.3 is 29.8 Å². The van der Waals surface area contributed by atoms with E-state index in [2.05, 4.69) is 10.3 Å². The third-order valence-corrected chi connectivity index (χ3v) is 6.65. The van der Waals surface area contributed by atoms with E-state index in [-0.39, 0.29) is 36.1 Å². The molecule has 0 saturated heterocycles. The molecule has 0 aliphatic carbocycles. The lowest BCUT2D eigenvalue weighted by atomic mass is 10.1. The summed E-state index contributed by atoms with van der Waals surface area (Å²) in [5, 5.41) is 22.6. The van der Waals surface area contributed by atoms with Crippen molar-refractivity contribution in [3.63, 3.8) is 0 Å². The van der Waals surface area contributed by atoms with E-state index in [1.807, 2.05) is 24.4 Å². The number of hydroxylamine groups is 1. The molecule has 4 aromatic rings.